The fourth-order valence-electron chi connectivity index (χ4n) is 3.36. The van der Waals surface area contributed by atoms with Gasteiger partial charge in [0.15, 0.2) is 12.4 Å². The zero-order valence-corrected chi connectivity index (χ0v) is 18.4. The number of piperidine rings is 1. The monoisotopic (exact) mass is 449 g/mol. The largest absolute Gasteiger partial charge is 0.494 e. The number of carbonyl (C=O) groups excluding carboxylic acids is 2. The summed E-state index contributed by atoms with van der Waals surface area (Å²) in [7, 11) is 0. The van der Waals surface area contributed by atoms with Crippen molar-refractivity contribution in [2.45, 2.75) is 26.2 Å². The van der Waals surface area contributed by atoms with Crippen LogP contribution in [0.2, 0.25) is 10.0 Å². The van der Waals surface area contributed by atoms with Gasteiger partial charge in [0.25, 0.3) is 5.91 Å². The Morgan fingerprint density at radius 2 is 1.60 bits per heavy atom. The maximum atomic E-state index is 12.7. The Kier molecular flexibility index (Phi) is 8.00. The fourth-order valence-corrected chi connectivity index (χ4v) is 3.66. The number of rotatable bonds is 8. The van der Waals surface area contributed by atoms with Gasteiger partial charge in [-0.3, -0.25) is 9.59 Å². The highest BCUT2D eigenvalue weighted by molar-refractivity contribution is 6.42. The van der Waals surface area contributed by atoms with Crippen molar-refractivity contribution >= 4 is 34.9 Å². The zero-order valence-electron chi connectivity index (χ0n) is 16.9. The van der Waals surface area contributed by atoms with Crippen LogP contribution >= 0.6 is 23.2 Å². The molecule has 30 heavy (non-hydrogen) atoms. The van der Waals surface area contributed by atoms with Crippen molar-refractivity contribution in [1.29, 1.82) is 0 Å². The van der Waals surface area contributed by atoms with Crippen molar-refractivity contribution < 1.29 is 19.1 Å². The van der Waals surface area contributed by atoms with E-state index in [4.69, 9.17) is 32.7 Å². The normalized spacial score (nSPS) is 14.4. The van der Waals surface area contributed by atoms with Gasteiger partial charge in [-0.1, -0.05) is 30.1 Å². The number of Topliss-reactive ketones (excluding diaryl/α,β-unsaturated/α-hetero) is 1. The summed E-state index contributed by atoms with van der Waals surface area (Å²) in [6.45, 7) is 3.76. The predicted molar refractivity (Wildman–Crippen MR) is 118 cm³/mol. The Labute approximate surface area is 186 Å². The average Bonchev–Trinajstić information content (AvgIpc) is 2.78. The molecule has 2 aromatic carbocycles. The molecular weight excluding hydrogens is 425 g/mol. The van der Waals surface area contributed by atoms with E-state index in [1.165, 1.54) is 0 Å². The van der Waals surface area contributed by atoms with Crippen LogP contribution in [0.4, 0.5) is 0 Å². The molecule has 7 heteroatoms. The number of hydrogen-bond acceptors (Lipinski definition) is 4. The molecular formula is C23H25Cl2NO4. The quantitative estimate of drug-likeness (QED) is 0.514. The Morgan fingerprint density at radius 1 is 0.967 bits per heavy atom. The first kappa shape index (κ1) is 22.4. The second-order valence-electron chi connectivity index (χ2n) is 7.26. The lowest BCUT2D eigenvalue weighted by molar-refractivity contribution is -0.134. The molecule has 0 radical (unpaired) electrons. The van der Waals surface area contributed by atoms with Gasteiger partial charge in [-0.25, -0.2) is 0 Å². The molecule has 2 aromatic rings. The van der Waals surface area contributed by atoms with Gasteiger partial charge in [-0.05, 0) is 61.7 Å². The van der Waals surface area contributed by atoms with Gasteiger partial charge in [0.1, 0.15) is 11.5 Å². The zero-order chi connectivity index (χ0) is 21.5. The topological polar surface area (TPSA) is 55.8 Å². The standard InChI is InChI=1S/C23H25Cl2NO4/c1-2-13-29-18-4-6-19(7-5-18)30-15-22(27)26-11-9-16(10-12-26)23(28)17-3-8-20(24)21(25)14-17/h3-8,14,16H,2,9-13,15H2,1H3. The van der Waals surface area contributed by atoms with E-state index in [9.17, 15) is 9.59 Å². The lowest BCUT2D eigenvalue weighted by Gasteiger charge is -2.31. The number of carbonyl (C=O) groups is 2. The minimum atomic E-state index is -0.122. The van der Waals surface area contributed by atoms with Crippen molar-refractivity contribution in [3.8, 4) is 11.5 Å². The molecule has 1 fully saturated rings. The van der Waals surface area contributed by atoms with Crippen molar-refractivity contribution in [2.75, 3.05) is 26.3 Å². The second kappa shape index (κ2) is 10.7. The average molecular weight is 450 g/mol. The summed E-state index contributed by atoms with van der Waals surface area (Å²) in [6.07, 6.45) is 2.19. The first-order valence-electron chi connectivity index (χ1n) is 10.1. The third-order valence-electron chi connectivity index (χ3n) is 5.08. The van der Waals surface area contributed by atoms with E-state index in [0.717, 1.165) is 12.2 Å². The minimum absolute atomic E-state index is 0.0272. The van der Waals surface area contributed by atoms with Crippen LogP contribution in [0.5, 0.6) is 11.5 Å². The number of ketones is 1. The molecule has 0 N–H and O–H groups in total. The molecule has 1 heterocycles. The SMILES string of the molecule is CCCOc1ccc(OCC(=O)N2CCC(C(=O)c3ccc(Cl)c(Cl)c3)CC2)cc1. The van der Waals surface area contributed by atoms with E-state index in [1.54, 1.807) is 35.2 Å². The molecule has 160 valence electrons. The highest BCUT2D eigenvalue weighted by Gasteiger charge is 2.28. The first-order valence-corrected chi connectivity index (χ1v) is 10.9. The molecule has 1 aliphatic rings. The highest BCUT2D eigenvalue weighted by Crippen LogP contribution is 2.27. The smallest absolute Gasteiger partial charge is 0.260 e. The van der Waals surface area contributed by atoms with Crippen LogP contribution in [0, 0.1) is 5.92 Å². The van der Waals surface area contributed by atoms with Gasteiger partial charge < -0.3 is 14.4 Å². The van der Waals surface area contributed by atoms with Gasteiger partial charge >= 0.3 is 0 Å². The summed E-state index contributed by atoms with van der Waals surface area (Å²) in [5.41, 5.74) is 0.559. The summed E-state index contributed by atoms with van der Waals surface area (Å²) in [5.74, 6) is 1.24. The van der Waals surface area contributed by atoms with Gasteiger partial charge in [-0.2, -0.15) is 0 Å². The molecule has 0 aliphatic carbocycles. The van der Waals surface area contributed by atoms with Crippen LogP contribution in [0.3, 0.4) is 0 Å². The molecule has 0 spiro atoms. The maximum absolute atomic E-state index is 12.7. The van der Waals surface area contributed by atoms with E-state index >= 15 is 0 Å². The third-order valence-corrected chi connectivity index (χ3v) is 5.82. The van der Waals surface area contributed by atoms with E-state index in [-0.39, 0.29) is 24.2 Å². The summed E-state index contributed by atoms with van der Waals surface area (Å²) < 4.78 is 11.1. The van der Waals surface area contributed by atoms with Gasteiger partial charge in [0.05, 0.1) is 16.7 Å². The van der Waals surface area contributed by atoms with Crippen molar-refractivity contribution in [3.05, 3.63) is 58.1 Å². The molecule has 1 amide bonds. The number of halogens is 2. The Balaban J connectivity index is 1.45. The maximum Gasteiger partial charge on any atom is 0.260 e. The summed E-state index contributed by atoms with van der Waals surface area (Å²) >= 11 is 11.9. The molecule has 3 rings (SSSR count). The molecule has 0 bridgehead atoms. The number of ether oxygens (including phenoxy) is 2. The number of hydrogen-bond donors (Lipinski definition) is 0. The predicted octanol–water partition coefficient (Wildman–Crippen LogP) is 5.28. The number of amides is 1. The Bertz CT molecular complexity index is 877. The van der Waals surface area contributed by atoms with E-state index in [1.807, 2.05) is 12.1 Å². The van der Waals surface area contributed by atoms with E-state index in [0.29, 0.717) is 53.9 Å². The third kappa shape index (κ3) is 5.89. The van der Waals surface area contributed by atoms with Crippen LogP contribution in [-0.4, -0.2) is 42.9 Å². The van der Waals surface area contributed by atoms with Crippen LogP contribution in [0.1, 0.15) is 36.5 Å². The van der Waals surface area contributed by atoms with Gasteiger partial charge in [0.2, 0.25) is 0 Å². The Hall–Kier alpha value is -2.24. The molecule has 1 saturated heterocycles. The van der Waals surface area contributed by atoms with Crippen molar-refractivity contribution in [3.63, 3.8) is 0 Å². The van der Waals surface area contributed by atoms with E-state index < -0.39 is 0 Å². The Morgan fingerprint density at radius 3 is 2.20 bits per heavy atom. The van der Waals surface area contributed by atoms with Crippen LogP contribution in [0.25, 0.3) is 0 Å². The molecule has 0 atom stereocenters. The summed E-state index contributed by atoms with van der Waals surface area (Å²) in [6, 6.07) is 12.2. The van der Waals surface area contributed by atoms with Gasteiger partial charge in [-0.15, -0.1) is 0 Å². The summed E-state index contributed by atoms with van der Waals surface area (Å²) in [5, 5.41) is 0.800. The molecule has 0 aromatic heterocycles. The molecule has 1 aliphatic heterocycles. The lowest BCUT2D eigenvalue weighted by atomic mass is 9.89. The molecule has 0 saturated carbocycles. The molecule has 0 unspecified atom stereocenters. The van der Waals surface area contributed by atoms with Crippen LogP contribution in [0.15, 0.2) is 42.5 Å². The van der Waals surface area contributed by atoms with E-state index in [2.05, 4.69) is 6.92 Å². The first-order chi connectivity index (χ1) is 14.5. The second-order valence-corrected chi connectivity index (χ2v) is 8.07. The fraction of sp³-hybridized carbons (Fsp3) is 0.391. The van der Waals surface area contributed by atoms with Crippen molar-refractivity contribution in [2.24, 2.45) is 5.92 Å². The minimum Gasteiger partial charge on any atom is -0.494 e. The molecule has 5 nitrogen and oxygen atoms in total. The number of benzene rings is 2. The summed E-state index contributed by atoms with van der Waals surface area (Å²) in [4.78, 5) is 26.9. The van der Waals surface area contributed by atoms with Crippen LogP contribution in [-0.2, 0) is 4.79 Å². The number of nitrogens with zero attached hydrogens (tertiary/aromatic N) is 1. The lowest BCUT2D eigenvalue weighted by Crippen LogP contribution is -2.42. The van der Waals surface area contributed by atoms with Gasteiger partial charge in [0, 0.05) is 24.6 Å². The highest BCUT2D eigenvalue weighted by atomic mass is 35.5. The number of likely N-dealkylation sites (tertiary alicyclic amines) is 1. The van der Waals surface area contributed by atoms with Crippen molar-refractivity contribution in [1.82, 2.24) is 4.90 Å². The van der Waals surface area contributed by atoms with Crippen LogP contribution < -0.4 is 9.47 Å².